The van der Waals surface area contributed by atoms with Gasteiger partial charge in [-0.1, -0.05) is 70.2 Å². The minimum Gasteiger partial charge on any atom is -0.333 e. The number of para-hydroxylation sites is 3. The van der Waals surface area contributed by atoms with Crippen LogP contribution < -0.4 is 0 Å². The molecule has 4 aromatic carbocycles. The third kappa shape index (κ3) is 6.30. The fourth-order valence-electron chi connectivity index (χ4n) is 4.81. The standard InChI is InChI=1S/C25H25N2.C11H8N.Ir/c1-17(2)20-13-10-14-21(18(3)4)24(20)27-23-16-9-8-15-22(23)26-25(27)19-11-6-5-7-12-19;1-2-6-10(7-3-1)11-8-4-5-9-12-11;/h5-11,13-18H,1-4H3;1-6,8-9H;/q2*-1;. The minimum atomic E-state index is 0. The number of pyridine rings is 1. The Labute approximate surface area is 251 Å². The van der Waals surface area contributed by atoms with Crippen LogP contribution in [0.15, 0.2) is 115 Å². The maximum atomic E-state index is 4.99. The predicted molar refractivity (Wildman–Crippen MR) is 162 cm³/mol. The molecule has 0 aliphatic carbocycles. The molecule has 0 N–H and O–H groups in total. The van der Waals surface area contributed by atoms with Crippen LogP contribution in [0.2, 0.25) is 0 Å². The number of fused-ring (bicyclic) bond motifs is 1. The van der Waals surface area contributed by atoms with Crippen molar-refractivity contribution in [1.82, 2.24) is 14.5 Å². The molecule has 2 heterocycles. The number of hydrogen-bond donors (Lipinski definition) is 0. The fourth-order valence-corrected chi connectivity index (χ4v) is 4.81. The molecule has 6 aromatic rings. The van der Waals surface area contributed by atoms with Gasteiger partial charge >= 0.3 is 0 Å². The third-order valence-corrected chi connectivity index (χ3v) is 6.73. The molecule has 0 aliphatic rings. The Morgan fingerprint density at radius 1 is 0.625 bits per heavy atom. The van der Waals surface area contributed by atoms with Gasteiger partial charge in [0.2, 0.25) is 0 Å². The Morgan fingerprint density at radius 2 is 1.23 bits per heavy atom. The van der Waals surface area contributed by atoms with Crippen LogP contribution in [-0.4, -0.2) is 14.5 Å². The van der Waals surface area contributed by atoms with Gasteiger partial charge in [0.05, 0.1) is 16.9 Å². The van der Waals surface area contributed by atoms with E-state index in [1.165, 1.54) is 16.8 Å². The monoisotopic (exact) mass is 700 g/mol. The second-order valence-electron chi connectivity index (χ2n) is 10.1. The Kier molecular flexibility index (Phi) is 9.82. The molecule has 203 valence electrons. The van der Waals surface area contributed by atoms with Gasteiger partial charge in [-0.25, -0.2) is 0 Å². The second-order valence-corrected chi connectivity index (χ2v) is 10.1. The summed E-state index contributed by atoms with van der Waals surface area (Å²) >= 11 is 0. The summed E-state index contributed by atoms with van der Waals surface area (Å²) in [6.45, 7) is 9.04. The maximum Gasteiger partial charge on any atom is 0.0774 e. The molecular formula is C36H33IrN3-2. The van der Waals surface area contributed by atoms with Gasteiger partial charge < -0.3 is 9.55 Å². The van der Waals surface area contributed by atoms with E-state index >= 15 is 0 Å². The van der Waals surface area contributed by atoms with Crippen molar-refractivity contribution in [1.29, 1.82) is 0 Å². The normalized spacial score (nSPS) is 10.8. The number of benzene rings is 4. The summed E-state index contributed by atoms with van der Waals surface area (Å²) in [5, 5.41) is 0. The number of hydrogen-bond acceptors (Lipinski definition) is 2. The molecule has 0 bridgehead atoms. The van der Waals surface area contributed by atoms with E-state index < -0.39 is 0 Å². The van der Waals surface area contributed by atoms with Crippen LogP contribution in [0.4, 0.5) is 0 Å². The summed E-state index contributed by atoms with van der Waals surface area (Å²) in [7, 11) is 0. The fraction of sp³-hybridized carbons (Fsp3) is 0.167. The van der Waals surface area contributed by atoms with Crippen molar-refractivity contribution in [3.05, 3.63) is 139 Å². The van der Waals surface area contributed by atoms with E-state index in [0.717, 1.165) is 33.7 Å². The van der Waals surface area contributed by atoms with Crippen LogP contribution in [0.5, 0.6) is 0 Å². The zero-order valence-corrected chi connectivity index (χ0v) is 25.7. The van der Waals surface area contributed by atoms with Crippen molar-refractivity contribution in [2.24, 2.45) is 0 Å². The van der Waals surface area contributed by atoms with Gasteiger partial charge in [-0.05, 0) is 46.9 Å². The SMILES string of the molecule is CC(C)c1cccc(C(C)C)c1-n1c(-c2[c-]cccc2)nc2ccccc21.[Ir].[c-]1ccccc1-c1ccccn1. The predicted octanol–water partition coefficient (Wildman–Crippen LogP) is 9.29. The van der Waals surface area contributed by atoms with E-state index in [4.69, 9.17) is 4.98 Å². The molecule has 40 heavy (non-hydrogen) atoms. The molecule has 0 fully saturated rings. The molecule has 0 atom stereocenters. The van der Waals surface area contributed by atoms with Crippen molar-refractivity contribution >= 4 is 11.0 Å². The van der Waals surface area contributed by atoms with Gasteiger partial charge in [-0.15, -0.1) is 71.8 Å². The largest absolute Gasteiger partial charge is 0.333 e. The van der Waals surface area contributed by atoms with Crippen LogP contribution in [0, 0.1) is 12.1 Å². The Bertz CT molecular complexity index is 1580. The minimum absolute atomic E-state index is 0. The quantitative estimate of drug-likeness (QED) is 0.168. The van der Waals surface area contributed by atoms with E-state index in [1.54, 1.807) is 6.20 Å². The average Bonchev–Trinajstić information content (AvgIpc) is 3.38. The molecule has 4 heteroatoms. The van der Waals surface area contributed by atoms with Crippen molar-refractivity contribution in [3.8, 4) is 28.3 Å². The van der Waals surface area contributed by atoms with E-state index in [2.05, 4.69) is 97.9 Å². The van der Waals surface area contributed by atoms with Crippen molar-refractivity contribution in [3.63, 3.8) is 0 Å². The summed E-state index contributed by atoms with van der Waals surface area (Å²) < 4.78 is 2.34. The summed E-state index contributed by atoms with van der Waals surface area (Å²) in [6, 6.07) is 43.3. The van der Waals surface area contributed by atoms with E-state index in [1.807, 2.05) is 60.7 Å². The molecule has 0 amide bonds. The summed E-state index contributed by atoms with van der Waals surface area (Å²) in [4.78, 5) is 9.21. The summed E-state index contributed by atoms with van der Waals surface area (Å²) in [5.74, 6) is 1.80. The Balaban J connectivity index is 0.000000238. The molecule has 1 radical (unpaired) electrons. The Hall–Kier alpha value is -3.85. The van der Waals surface area contributed by atoms with Crippen molar-refractivity contribution in [2.75, 3.05) is 0 Å². The molecule has 0 unspecified atom stereocenters. The van der Waals surface area contributed by atoms with Gasteiger partial charge in [0.15, 0.2) is 0 Å². The van der Waals surface area contributed by atoms with Gasteiger partial charge in [0, 0.05) is 32.0 Å². The number of aromatic nitrogens is 3. The molecular weight excluding hydrogens is 667 g/mol. The van der Waals surface area contributed by atoms with E-state index in [9.17, 15) is 0 Å². The number of nitrogens with zero attached hydrogens (tertiary/aromatic N) is 3. The van der Waals surface area contributed by atoms with Crippen molar-refractivity contribution < 1.29 is 20.1 Å². The molecule has 0 saturated carbocycles. The molecule has 6 rings (SSSR count). The second kappa shape index (κ2) is 13.5. The Morgan fingerprint density at radius 3 is 1.80 bits per heavy atom. The van der Waals surface area contributed by atoms with Crippen molar-refractivity contribution in [2.45, 2.75) is 39.5 Å². The molecule has 2 aromatic heterocycles. The topological polar surface area (TPSA) is 30.7 Å². The first-order chi connectivity index (χ1) is 19.0. The van der Waals surface area contributed by atoms with Gasteiger partial charge in [-0.2, -0.15) is 0 Å². The number of imidazole rings is 1. The first-order valence-electron chi connectivity index (χ1n) is 13.5. The third-order valence-electron chi connectivity index (χ3n) is 6.73. The van der Waals surface area contributed by atoms with Crippen LogP contribution in [0.3, 0.4) is 0 Å². The van der Waals surface area contributed by atoms with E-state index in [0.29, 0.717) is 11.8 Å². The molecule has 3 nitrogen and oxygen atoms in total. The first-order valence-corrected chi connectivity index (χ1v) is 13.5. The van der Waals surface area contributed by atoms with Gasteiger partial charge in [-0.3, -0.25) is 4.98 Å². The van der Waals surface area contributed by atoms with E-state index in [-0.39, 0.29) is 20.1 Å². The van der Waals surface area contributed by atoms with Gasteiger partial charge in [0.1, 0.15) is 0 Å². The average molecular weight is 700 g/mol. The van der Waals surface area contributed by atoms with Crippen LogP contribution in [0.25, 0.3) is 39.4 Å². The summed E-state index contributed by atoms with van der Waals surface area (Å²) in [6.07, 6.45) is 1.79. The molecule has 0 saturated heterocycles. The van der Waals surface area contributed by atoms with Gasteiger partial charge in [0.25, 0.3) is 0 Å². The van der Waals surface area contributed by atoms with Crippen LogP contribution in [-0.2, 0) is 20.1 Å². The smallest absolute Gasteiger partial charge is 0.0774 e. The zero-order chi connectivity index (χ0) is 27.2. The first kappa shape index (κ1) is 29.1. The van der Waals surface area contributed by atoms with Crippen LogP contribution >= 0.6 is 0 Å². The summed E-state index contributed by atoms with van der Waals surface area (Å²) in [5.41, 5.74) is 9.14. The van der Waals surface area contributed by atoms with Crippen LogP contribution in [0.1, 0.15) is 50.7 Å². The number of rotatable bonds is 5. The zero-order valence-electron chi connectivity index (χ0n) is 23.3. The molecule has 0 aliphatic heterocycles. The molecule has 0 spiro atoms. The maximum absolute atomic E-state index is 4.99.